The Bertz CT molecular complexity index is 2360. The first-order valence-electron chi connectivity index (χ1n) is 28.6. The van der Waals surface area contributed by atoms with Crippen LogP contribution in [0.4, 0.5) is 0 Å². The first kappa shape index (κ1) is 59.7. The summed E-state index contributed by atoms with van der Waals surface area (Å²) in [6, 6.07) is 105. The van der Waals surface area contributed by atoms with Crippen LogP contribution in [0.25, 0.3) is 0 Å². The van der Waals surface area contributed by atoms with Gasteiger partial charge in [-0.25, -0.2) is 0 Å². The van der Waals surface area contributed by atoms with Crippen molar-refractivity contribution in [3.8, 4) is 0 Å². The molecule has 0 spiro atoms. The summed E-state index contributed by atoms with van der Waals surface area (Å²) in [6.07, 6.45) is 0. The molecule has 8 rings (SSSR count). The Morgan fingerprint density at radius 3 is 0.455 bits per heavy atom. The van der Waals surface area contributed by atoms with Gasteiger partial charge in [-0.15, -0.1) is 0 Å². The van der Waals surface area contributed by atoms with Crippen molar-refractivity contribution in [3.63, 3.8) is 0 Å². The van der Waals surface area contributed by atoms with Gasteiger partial charge in [0.05, 0.1) is 40.4 Å². The van der Waals surface area contributed by atoms with Crippen LogP contribution < -0.4 is 42.4 Å². The van der Waals surface area contributed by atoms with Gasteiger partial charge in [-0.3, -0.25) is 0 Å². The fourth-order valence-electron chi connectivity index (χ4n) is 11.4. The molecule has 0 nitrogen and oxygen atoms in total. The summed E-state index contributed by atoms with van der Waals surface area (Å²) in [5, 5.41) is 12.5. The van der Waals surface area contributed by atoms with E-state index in [9.17, 15) is 0 Å². The normalized spacial score (nSPS) is 12.7. The Labute approximate surface area is 477 Å². The molecule has 0 fully saturated rings. The molecular formula is C68H88P4Si5. The largest absolute Gasteiger partial charge is 0.0691 e. The molecule has 0 aliphatic rings. The molecule has 0 unspecified atom stereocenters. The van der Waals surface area contributed by atoms with E-state index >= 15 is 0 Å². The highest BCUT2D eigenvalue weighted by atomic mass is 31.1. The Kier molecular flexibility index (Phi) is 21.9. The summed E-state index contributed by atoms with van der Waals surface area (Å²) in [5.41, 5.74) is 0. The molecule has 0 atom stereocenters. The molecule has 0 bridgehead atoms. The highest BCUT2D eigenvalue weighted by Gasteiger charge is 2.42. The molecule has 77 heavy (non-hydrogen) atoms. The third-order valence-corrected chi connectivity index (χ3v) is 56.0. The van der Waals surface area contributed by atoms with E-state index in [0.717, 1.165) is 0 Å². The molecule has 9 heteroatoms. The van der Waals surface area contributed by atoms with Crippen molar-refractivity contribution in [1.82, 2.24) is 0 Å². The van der Waals surface area contributed by atoms with Crippen molar-refractivity contribution in [2.45, 2.75) is 101 Å². The summed E-state index contributed by atoms with van der Waals surface area (Å²) in [5.74, 6) is 5.49. The predicted molar refractivity (Wildman–Crippen MR) is 370 cm³/mol. The van der Waals surface area contributed by atoms with Crippen molar-refractivity contribution in [3.05, 3.63) is 243 Å². The van der Waals surface area contributed by atoms with Gasteiger partial charge in [-0.1, -0.05) is 343 Å². The van der Waals surface area contributed by atoms with E-state index in [1.165, 1.54) is 71.5 Å². The van der Waals surface area contributed by atoms with Gasteiger partial charge in [0.1, 0.15) is 0 Å². The van der Waals surface area contributed by atoms with E-state index in [-0.39, 0.29) is 0 Å². The standard InChI is InChI=1S/C68H88P4Si5/c1-73(2,57-69(61-33-17-9-18-34-61)62-35-19-10-20-36-62)49-53-77(54-50-74(3,4)58-70(63-37-21-11-22-38-63)64-39-23-12-24-40-64,55-51-75(5,6)59-71(65-41-25-13-26-42-65)66-43-27-14-28-44-66)56-52-76(7,8)60-72(67-45-29-15-30-46-67)68-47-31-16-32-48-68/h9-48H,49-60H2,1-8H3. The van der Waals surface area contributed by atoms with Crippen molar-refractivity contribution in [2.75, 3.05) is 23.1 Å². The average Bonchev–Trinajstić information content (AvgIpc) is 3.46. The zero-order valence-electron chi connectivity index (χ0n) is 47.9. The van der Waals surface area contributed by atoms with Crippen LogP contribution in [-0.4, -0.2) is 63.5 Å². The van der Waals surface area contributed by atoms with Gasteiger partial charge in [0.2, 0.25) is 0 Å². The Morgan fingerprint density at radius 2 is 0.325 bits per heavy atom. The molecule has 0 amide bonds. The molecule has 0 aliphatic carbocycles. The third-order valence-electron chi connectivity index (χ3n) is 16.2. The van der Waals surface area contributed by atoms with Gasteiger partial charge >= 0.3 is 0 Å². The SMILES string of the molecule is C[Si](C)(CC[Si](CC[Si](C)(C)CP(c1ccccc1)c1ccccc1)(CC[Si](C)(C)CP(c1ccccc1)c1ccccc1)CC[Si](C)(C)CP(c1ccccc1)c1ccccc1)CP(c1ccccc1)c1ccccc1. The molecule has 0 aliphatic heterocycles. The van der Waals surface area contributed by atoms with E-state index in [2.05, 4.69) is 295 Å². The van der Waals surface area contributed by atoms with Gasteiger partial charge in [-0.05, 0) is 97.3 Å². The second-order valence-corrected chi connectivity index (χ2v) is 62.1. The molecule has 0 N–H and O–H groups in total. The first-order valence-corrected chi connectivity index (χ1v) is 51.2. The van der Waals surface area contributed by atoms with Crippen molar-refractivity contribution in [1.29, 1.82) is 0 Å². The van der Waals surface area contributed by atoms with Crippen LogP contribution in [0.1, 0.15) is 0 Å². The molecule has 0 aromatic heterocycles. The minimum Gasteiger partial charge on any atom is -0.0691 e. The minimum absolute atomic E-state index is 0.425. The summed E-state index contributed by atoms with van der Waals surface area (Å²) < 4.78 is 0. The summed E-state index contributed by atoms with van der Waals surface area (Å²) in [7, 11) is -10.4. The van der Waals surface area contributed by atoms with Gasteiger partial charge in [0.15, 0.2) is 0 Å². The number of rotatable bonds is 28. The maximum Gasteiger partial charge on any atom is 0.0524 e. The zero-order valence-corrected chi connectivity index (χ0v) is 56.4. The average molecular weight is 1170 g/mol. The highest BCUT2D eigenvalue weighted by molar-refractivity contribution is 7.76. The van der Waals surface area contributed by atoms with Crippen molar-refractivity contribution in [2.24, 2.45) is 0 Å². The highest BCUT2D eigenvalue weighted by Crippen LogP contribution is 2.47. The number of hydrogen-bond acceptors (Lipinski definition) is 0. The molecule has 8 aromatic carbocycles. The van der Waals surface area contributed by atoms with Crippen LogP contribution in [0.3, 0.4) is 0 Å². The molecule has 0 heterocycles. The first-order chi connectivity index (χ1) is 37.1. The van der Waals surface area contributed by atoms with Crippen LogP contribution in [0, 0.1) is 0 Å². The fraction of sp³-hybridized carbons (Fsp3) is 0.294. The minimum atomic E-state index is -1.91. The van der Waals surface area contributed by atoms with Crippen LogP contribution in [0.15, 0.2) is 243 Å². The molecule has 0 saturated heterocycles. The van der Waals surface area contributed by atoms with Crippen LogP contribution in [-0.2, 0) is 0 Å². The molecule has 8 aromatic rings. The van der Waals surface area contributed by atoms with E-state index in [1.807, 2.05) is 0 Å². The number of benzene rings is 8. The van der Waals surface area contributed by atoms with Gasteiger partial charge in [0, 0.05) is 0 Å². The second-order valence-electron chi connectivity index (χ2n) is 25.2. The van der Waals surface area contributed by atoms with Gasteiger partial charge < -0.3 is 0 Å². The number of hydrogen-bond donors (Lipinski definition) is 0. The Hall–Kier alpha value is -3.44. The smallest absolute Gasteiger partial charge is 0.0524 e. The Morgan fingerprint density at radius 1 is 0.195 bits per heavy atom. The Balaban J connectivity index is 1.16. The maximum absolute atomic E-state index is 2.80. The lowest BCUT2D eigenvalue weighted by molar-refractivity contribution is 1.06. The zero-order chi connectivity index (χ0) is 54.2. The predicted octanol–water partition coefficient (Wildman–Crippen LogP) is 17.0. The molecule has 400 valence electrons. The molecular weight excluding hydrogens is 1080 g/mol. The van der Waals surface area contributed by atoms with Crippen LogP contribution in [0.2, 0.25) is 101 Å². The quantitative estimate of drug-likeness (QED) is 0.0339. The lowest BCUT2D eigenvalue weighted by Gasteiger charge is -2.42. The van der Waals surface area contributed by atoms with E-state index in [1.54, 1.807) is 42.4 Å². The topological polar surface area (TPSA) is 0 Å². The third kappa shape index (κ3) is 18.3. The molecule has 0 saturated carbocycles. The summed E-state index contributed by atoms with van der Waals surface area (Å²) in [4.78, 5) is 0. The van der Waals surface area contributed by atoms with E-state index < -0.39 is 72.1 Å². The fourth-order valence-corrected chi connectivity index (χ4v) is 59.7. The lowest BCUT2D eigenvalue weighted by atomic mass is 10.4. The molecule has 0 radical (unpaired) electrons. The van der Waals surface area contributed by atoms with Crippen LogP contribution in [0.5, 0.6) is 0 Å². The monoisotopic (exact) mass is 1170 g/mol. The summed E-state index contributed by atoms with van der Waals surface area (Å²) >= 11 is 0. The van der Waals surface area contributed by atoms with Crippen LogP contribution >= 0.6 is 31.7 Å². The van der Waals surface area contributed by atoms with Gasteiger partial charge in [0.25, 0.3) is 0 Å². The van der Waals surface area contributed by atoms with Crippen molar-refractivity contribution >= 4 is 114 Å². The maximum atomic E-state index is 2.80. The van der Waals surface area contributed by atoms with Gasteiger partial charge in [-0.2, -0.15) is 0 Å². The second kappa shape index (κ2) is 28.3. The van der Waals surface area contributed by atoms with Crippen molar-refractivity contribution < 1.29 is 0 Å². The lowest BCUT2D eigenvalue weighted by Crippen LogP contribution is -2.46. The van der Waals surface area contributed by atoms with E-state index in [0.29, 0.717) is 0 Å². The van der Waals surface area contributed by atoms with E-state index in [4.69, 9.17) is 0 Å². The summed E-state index contributed by atoms with van der Waals surface area (Å²) in [6.45, 7) is 22.4.